The smallest absolute Gasteiger partial charge is 0.126 e. The quantitative estimate of drug-likeness (QED) is 0.780. The zero-order valence-electron chi connectivity index (χ0n) is 9.60. The van der Waals surface area contributed by atoms with Crippen LogP contribution in [0, 0.1) is 12.7 Å². The lowest BCUT2D eigenvalue weighted by molar-refractivity contribution is 0.628. The van der Waals surface area contributed by atoms with Crippen LogP contribution < -0.4 is 11.1 Å². The van der Waals surface area contributed by atoms with Crippen molar-refractivity contribution < 1.29 is 4.39 Å². The number of hydrogen-bond donors (Lipinski definition) is 2. The van der Waals surface area contributed by atoms with Gasteiger partial charge >= 0.3 is 0 Å². The largest absolute Gasteiger partial charge is 0.399 e. The maximum Gasteiger partial charge on any atom is 0.126 e. The van der Waals surface area contributed by atoms with Crippen molar-refractivity contribution in [1.82, 2.24) is 0 Å². The van der Waals surface area contributed by atoms with E-state index in [0.717, 1.165) is 11.3 Å². The molecule has 0 spiro atoms. The van der Waals surface area contributed by atoms with E-state index in [1.165, 1.54) is 12.1 Å². The number of halogens is 3. The highest BCUT2D eigenvalue weighted by Gasteiger charge is 2.09. The molecule has 0 aliphatic carbocycles. The van der Waals surface area contributed by atoms with Gasteiger partial charge in [-0.1, -0.05) is 23.2 Å². The van der Waals surface area contributed by atoms with Crippen LogP contribution in [0.5, 0.6) is 0 Å². The third kappa shape index (κ3) is 2.68. The van der Waals surface area contributed by atoms with Crippen LogP contribution in [0.1, 0.15) is 5.56 Å². The van der Waals surface area contributed by atoms with Gasteiger partial charge in [0, 0.05) is 11.4 Å². The van der Waals surface area contributed by atoms with Gasteiger partial charge in [-0.3, -0.25) is 0 Å². The predicted octanol–water partition coefficient (Wildman–Crippen LogP) is 4.77. The Labute approximate surface area is 115 Å². The van der Waals surface area contributed by atoms with Gasteiger partial charge in [0.15, 0.2) is 0 Å². The van der Waals surface area contributed by atoms with Crippen LogP contribution in [0.4, 0.5) is 21.5 Å². The number of hydrogen-bond acceptors (Lipinski definition) is 2. The van der Waals surface area contributed by atoms with E-state index in [1.807, 2.05) is 19.1 Å². The van der Waals surface area contributed by atoms with Crippen LogP contribution >= 0.6 is 23.2 Å². The normalized spacial score (nSPS) is 10.4. The molecule has 0 bridgehead atoms. The summed E-state index contributed by atoms with van der Waals surface area (Å²) in [6.07, 6.45) is 0. The van der Waals surface area contributed by atoms with E-state index in [9.17, 15) is 4.39 Å². The molecule has 2 aromatic carbocycles. The number of rotatable bonds is 2. The summed E-state index contributed by atoms with van der Waals surface area (Å²) >= 11 is 11.9. The van der Waals surface area contributed by atoms with Crippen molar-refractivity contribution in [3.63, 3.8) is 0 Å². The van der Waals surface area contributed by atoms with Crippen LogP contribution in [0.25, 0.3) is 0 Å². The van der Waals surface area contributed by atoms with Gasteiger partial charge < -0.3 is 11.1 Å². The van der Waals surface area contributed by atoms with Crippen molar-refractivity contribution in [3.05, 3.63) is 51.8 Å². The van der Waals surface area contributed by atoms with Crippen molar-refractivity contribution in [2.45, 2.75) is 6.92 Å². The molecule has 94 valence electrons. The second-order valence-electron chi connectivity index (χ2n) is 3.94. The summed E-state index contributed by atoms with van der Waals surface area (Å²) in [5.41, 5.74) is 8.60. The van der Waals surface area contributed by atoms with Gasteiger partial charge in [-0.05, 0) is 42.8 Å². The van der Waals surface area contributed by atoms with E-state index in [-0.39, 0.29) is 10.0 Å². The summed E-state index contributed by atoms with van der Waals surface area (Å²) in [7, 11) is 0. The molecule has 0 radical (unpaired) electrons. The topological polar surface area (TPSA) is 38.0 Å². The summed E-state index contributed by atoms with van der Waals surface area (Å²) in [5.74, 6) is -0.468. The van der Waals surface area contributed by atoms with Gasteiger partial charge in [-0.25, -0.2) is 4.39 Å². The number of anilines is 3. The molecular formula is C13H11Cl2FN2. The van der Waals surface area contributed by atoms with Gasteiger partial charge in [-0.2, -0.15) is 0 Å². The molecule has 3 N–H and O–H groups in total. The first-order valence-corrected chi connectivity index (χ1v) is 6.00. The van der Waals surface area contributed by atoms with E-state index in [2.05, 4.69) is 5.32 Å². The molecule has 0 aliphatic rings. The maximum absolute atomic E-state index is 13.1. The molecule has 0 atom stereocenters. The average Bonchev–Trinajstić information content (AvgIpc) is 2.25. The van der Waals surface area contributed by atoms with Crippen LogP contribution in [-0.2, 0) is 0 Å². The van der Waals surface area contributed by atoms with E-state index in [1.54, 1.807) is 6.07 Å². The third-order valence-corrected chi connectivity index (χ3v) is 3.11. The molecule has 0 aromatic heterocycles. The molecular weight excluding hydrogens is 274 g/mol. The molecule has 2 rings (SSSR count). The van der Waals surface area contributed by atoms with E-state index < -0.39 is 5.82 Å². The molecule has 0 amide bonds. The molecule has 0 saturated carbocycles. The lowest BCUT2D eigenvalue weighted by atomic mass is 10.1. The Kier molecular flexibility index (Phi) is 3.64. The minimum absolute atomic E-state index is 0.233. The number of nitrogen functional groups attached to an aromatic ring is 1. The predicted molar refractivity (Wildman–Crippen MR) is 75.3 cm³/mol. The van der Waals surface area contributed by atoms with Gasteiger partial charge in [0.2, 0.25) is 0 Å². The van der Waals surface area contributed by atoms with Crippen LogP contribution in [0.3, 0.4) is 0 Å². The first kappa shape index (κ1) is 13.0. The minimum atomic E-state index is -0.468. The molecule has 0 heterocycles. The van der Waals surface area contributed by atoms with Gasteiger partial charge in [0.25, 0.3) is 0 Å². The van der Waals surface area contributed by atoms with Crippen LogP contribution in [0.2, 0.25) is 10.0 Å². The van der Waals surface area contributed by atoms with Crippen LogP contribution in [0.15, 0.2) is 30.3 Å². The van der Waals surface area contributed by atoms with Crippen molar-refractivity contribution in [2.24, 2.45) is 0 Å². The maximum atomic E-state index is 13.1. The highest BCUT2D eigenvalue weighted by molar-refractivity contribution is 6.39. The molecule has 2 aromatic rings. The van der Waals surface area contributed by atoms with Crippen molar-refractivity contribution in [3.8, 4) is 0 Å². The summed E-state index contributed by atoms with van der Waals surface area (Å²) in [4.78, 5) is 0. The molecule has 0 saturated heterocycles. The minimum Gasteiger partial charge on any atom is -0.399 e. The fourth-order valence-electron chi connectivity index (χ4n) is 1.62. The second kappa shape index (κ2) is 5.04. The van der Waals surface area contributed by atoms with Crippen molar-refractivity contribution >= 4 is 40.3 Å². The summed E-state index contributed by atoms with van der Waals surface area (Å²) in [6.45, 7) is 1.91. The number of nitrogens with one attached hydrogen (secondary N) is 1. The van der Waals surface area contributed by atoms with Gasteiger partial charge in [-0.15, -0.1) is 0 Å². The zero-order chi connectivity index (χ0) is 13.3. The molecule has 2 nitrogen and oxygen atoms in total. The van der Waals surface area contributed by atoms with E-state index in [4.69, 9.17) is 28.9 Å². The van der Waals surface area contributed by atoms with E-state index in [0.29, 0.717) is 11.4 Å². The van der Waals surface area contributed by atoms with E-state index >= 15 is 0 Å². The fourth-order valence-corrected chi connectivity index (χ4v) is 2.18. The van der Waals surface area contributed by atoms with Gasteiger partial charge in [0.1, 0.15) is 5.82 Å². The zero-order valence-corrected chi connectivity index (χ0v) is 11.1. The molecule has 18 heavy (non-hydrogen) atoms. The number of benzene rings is 2. The van der Waals surface area contributed by atoms with Crippen molar-refractivity contribution in [2.75, 3.05) is 11.1 Å². The standard InChI is InChI=1S/C13H11Cl2FN2/c1-7-4-9(17)2-3-12(7)18-13-10(14)5-8(16)6-11(13)15/h2-6,18H,17H2,1H3. The fraction of sp³-hybridized carbons (Fsp3) is 0.0769. The summed E-state index contributed by atoms with van der Waals surface area (Å²) in [5, 5.41) is 3.54. The molecule has 0 aliphatic heterocycles. The third-order valence-electron chi connectivity index (χ3n) is 2.52. The molecule has 0 unspecified atom stereocenters. The highest BCUT2D eigenvalue weighted by atomic mass is 35.5. The first-order valence-electron chi connectivity index (χ1n) is 5.25. The Morgan fingerprint density at radius 2 is 1.72 bits per heavy atom. The first-order chi connectivity index (χ1) is 8.47. The monoisotopic (exact) mass is 284 g/mol. The summed E-state index contributed by atoms with van der Waals surface area (Å²) < 4.78 is 13.1. The van der Waals surface area contributed by atoms with Gasteiger partial charge in [0.05, 0.1) is 15.7 Å². The Balaban J connectivity index is 2.40. The number of nitrogens with two attached hydrogens (primary N) is 1. The average molecular weight is 285 g/mol. The Hall–Kier alpha value is -1.45. The molecule has 5 heteroatoms. The lowest BCUT2D eigenvalue weighted by Gasteiger charge is -2.13. The molecule has 0 fully saturated rings. The highest BCUT2D eigenvalue weighted by Crippen LogP contribution is 2.34. The number of aryl methyl sites for hydroxylation is 1. The Bertz CT molecular complexity index is 577. The SMILES string of the molecule is Cc1cc(N)ccc1Nc1c(Cl)cc(F)cc1Cl. The Morgan fingerprint density at radius 1 is 1.11 bits per heavy atom. The van der Waals surface area contributed by atoms with Crippen molar-refractivity contribution in [1.29, 1.82) is 0 Å². The van der Waals surface area contributed by atoms with Crippen LogP contribution in [-0.4, -0.2) is 0 Å². The Morgan fingerprint density at radius 3 is 2.28 bits per heavy atom. The second-order valence-corrected chi connectivity index (χ2v) is 4.76. The lowest BCUT2D eigenvalue weighted by Crippen LogP contribution is -1.96. The summed E-state index contributed by atoms with van der Waals surface area (Å²) in [6, 6.07) is 7.83.